The summed E-state index contributed by atoms with van der Waals surface area (Å²) in [4.78, 5) is 40.8. The molecule has 0 atom stereocenters. The minimum absolute atomic E-state index is 0.0750. The van der Waals surface area contributed by atoms with E-state index in [0.717, 1.165) is 11.8 Å². The van der Waals surface area contributed by atoms with E-state index in [1.807, 2.05) is 0 Å². The van der Waals surface area contributed by atoms with Crippen molar-refractivity contribution < 1.29 is 14.3 Å². The van der Waals surface area contributed by atoms with Gasteiger partial charge in [0.1, 0.15) is 5.75 Å². The van der Waals surface area contributed by atoms with Crippen molar-refractivity contribution in [2.24, 2.45) is 0 Å². The predicted molar refractivity (Wildman–Crippen MR) is 107 cm³/mol. The Morgan fingerprint density at radius 3 is 2.54 bits per heavy atom. The van der Waals surface area contributed by atoms with Crippen LogP contribution in [0.25, 0.3) is 16.6 Å². The second-order valence-corrected chi connectivity index (χ2v) is 6.61. The molecule has 0 saturated carbocycles. The molecule has 1 aromatic heterocycles. The van der Waals surface area contributed by atoms with Crippen LogP contribution in [-0.2, 0) is 4.79 Å². The highest BCUT2D eigenvalue weighted by atomic mass is 32.2. The van der Waals surface area contributed by atoms with E-state index in [0.29, 0.717) is 27.5 Å². The first-order valence-corrected chi connectivity index (χ1v) is 9.32. The molecule has 0 radical (unpaired) electrons. The summed E-state index contributed by atoms with van der Waals surface area (Å²) in [5.41, 5.74) is 0.884. The van der Waals surface area contributed by atoms with Gasteiger partial charge >= 0.3 is 6.03 Å². The van der Waals surface area contributed by atoms with Crippen LogP contribution in [0.4, 0.5) is 4.79 Å². The number of para-hydroxylation sites is 1. The van der Waals surface area contributed by atoms with E-state index in [9.17, 15) is 14.4 Å². The predicted octanol–water partition coefficient (Wildman–Crippen LogP) is 1.94. The van der Waals surface area contributed by atoms with Gasteiger partial charge in [-0.2, -0.15) is 0 Å². The first kappa shape index (κ1) is 19.4. The highest BCUT2D eigenvalue weighted by molar-refractivity contribution is 7.99. The van der Waals surface area contributed by atoms with Gasteiger partial charge in [0.05, 0.1) is 29.5 Å². The van der Waals surface area contributed by atoms with Crippen LogP contribution in [0.3, 0.4) is 0 Å². The first-order valence-electron chi connectivity index (χ1n) is 8.34. The molecule has 0 fully saturated rings. The monoisotopic (exact) mass is 398 g/mol. The number of nitrogens with zero attached hydrogens (tertiary/aromatic N) is 2. The third kappa shape index (κ3) is 4.15. The fraction of sp³-hybridized carbons (Fsp3) is 0.158. The number of ether oxygens (including phenoxy) is 1. The Bertz CT molecular complexity index is 1080. The molecule has 8 nitrogen and oxygen atoms in total. The lowest BCUT2D eigenvalue weighted by molar-refractivity contribution is -0.117. The van der Waals surface area contributed by atoms with Gasteiger partial charge in [0.15, 0.2) is 5.16 Å². The number of hydrogen-bond donors (Lipinski definition) is 2. The first-order chi connectivity index (χ1) is 13.5. The Morgan fingerprint density at radius 1 is 1.14 bits per heavy atom. The quantitative estimate of drug-likeness (QED) is 0.503. The Hall–Kier alpha value is -3.33. The lowest BCUT2D eigenvalue weighted by Gasteiger charge is -2.13. The minimum Gasteiger partial charge on any atom is -0.497 e. The van der Waals surface area contributed by atoms with Crippen LogP contribution in [0.5, 0.6) is 5.75 Å². The van der Waals surface area contributed by atoms with Gasteiger partial charge in [-0.15, -0.1) is 0 Å². The number of urea groups is 1. The van der Waals surface area contributed by atoms with Gasteiger partial charge in [0.2, 0.25) is 5.91 Å². The summed E-state index contributed by atoms with van der Waals surface area (Å²) in [6.45, 7) is 0. The summed E-state index contributed by atoms with van der Waals surface area (Å²) in [6, 6.07) is 13.4. The summed E-state index contributed by atoms with van der Waals surface area (Å²) in [5.74, 6) is 0.0895. The van der Waals surface area contributed by atoms with Crippen molar-refractivity contribution in [2.45, 2.75) is 5.16 Å². The third-order valence-corrected chi connectivity index (χ3v) is 4.83. The number of imide groups is 1. The van der Waals surface area contributed by atoms with Crippen molar-refractivity contribution in [3.63, 3.8) is 0 Å². The van der Waals surface area contributed by atoms with Crippen LogP contribution in [0.15, 0.2) is 58.5 Å². The topological polar surface area (TPSA) is 102 Å². The van der Waals surface area contributed by atoms with Crippen LogP contribution in [0, 0.1) is 0 Å². The average Bonchev–Trinajstić information content (AvgIpc) is 2.72. The maximum Gasteiger partial charge on any atom is 0.321 e. The van der Waals surface area contributed by atoms with Crippen LogP contribution < -0.4 is 20.9 Å². The molecule has 0 spiro atoms. The summed E-state index contributed by atoms with van der Waals surface area (Å²) in [7, 11) is 2.98. The van der Waals surface area contributed by atoms with Gasteiger partial charge in [-0.05, 0) is 36.4 Å². The van der Waals surface area contributed by atoms with Crippen LogP contribution in [0.1, 0.15) is 0 Å². The number of rotatable bonds is 5. The number of fused-ring (bicyclic) bond motifs is 1. The minimum atomic E-state index is -0.593. The summed E-state index contributed by atoms with van der Waals surface area (Å²) in [6.07, 6.45) is 0. The van der Waals surface area contributed by atoms with Crippen LogP contribution in [-0.4, -0.2) is 41.4 Å². The van der Waals surface area contributed by atoms with Crippen molar-refractivity contribution in [2.75, 3.05) is 19.9 Å². The van der Waals surface area contributed by atoms with E-state index in [2.05, 4.69) is 15.6 Å². The molecule has 1 heterocycles. The van der Waals surface area contributed by atoms with Crippen molar-refractivity contribution in [1.29, 1.82) is 0 Å². The zero-order valence-electron chi connectivity index (χ0n) is 15.3. The molecule has 0 aliphatic rings. The standard InChI is InChI=1S/C19H18N4O4S/c1-20-18(26)22-16(24)11-28-19-21-15-6-4-3-5-14(15)17(25)23(19)12-7-9-13(27-2)10-8-12/h3-10H,11H2,1-2H3,(H2,20,22,24,26). The Labute approximate surface area is 164 Å². The summed E-state index contributed by atoms with van der Waals surface area (Å²) >= 11 is 1.07. The number of nitrogens with one attached hydrogen (secondary N) is 2. The lowest BCUT2D eigenvalue weighted by atomic mass is 10.2. The van der Waals surface area contributed by atoms with Gasteiger partial charge < -0.3 is 10.1 Å². The second-order valence-electron chi connectivity index (χ2n) is 5.67. The number of carbonyl (C=O) groups excluding carboxylic acids is 2. The van der Waals surface area contributed by atoms with E-state index in [1.165, 1.54) is 11.6 Å². The molecule has 144 valence electrons. The van der Waals surface area contributed by atoms with Crippen molar-refractivity contribution in [1.82, 2.24) is 20.2 Å². The Morgan fingerprint density at radius 2 is 1.86 bits per heavy atom. The molecule has 2 aromatic carbocycles. The van der Waals surface area contributed by atoms with E-state index in [-0.39, 0.29) is 11.3 Å². The van der Waals surface area contributed by atoms with Crippen molar-refractivity contribution in [3.8, 4) is 11.4 Å². The van der Waals surface area contributed by atoms with Gasteiger partial charge in [0.25, 0.3) is 5.56 Å². The van der Waals surface area contributed by atoms with E-state index in [4.69, 9.17) is 4.74 Å². The van der Waals surface area contributed by atoms with E-state index < -0.39 is 11.9 Å². The smallest absolute Gasteiger partial charge is 0.321 e. The summed E-state index contributed by atoms with van der Waals surface area (Å²) in [5, 5.41) is 5.31. The highest BCUT2D eigenvalue weighted by Crippen LogP contribution is 2.22. The molecule has 2 N–H and O–H groups in total. The lowest BCUT2D eigenvalue weighted by Crippen LogP contribution is -2.38. The maximum atomic E-state index is 13.1. The van der Waals surface area contributed by atoms with Gasteiger partial charge in [-0.3, -0.25) is 19.5 Å². The number of hydrogen-bond acceptors (Lipinski definition) is 6. The summed E-state index contributed by atoms with van der Waals surface area (Å²) < 4.78 is 6.61. The zero-order valence-corrected chi connectivity index (χ0v) is 16.1. The highest BCUT2D eigenvalue weighted by Gasteiger charge is 2.15. The van der Waals surface area contributed by atoms with E-state index >= 15 is 0 Å². The molecule has 3 aromatic rings. The molecule has 0 aliphatic carbocycles. The van der Waals surface area contributed by atoms with E-state index in [1.54, 1.807) is 55.6 Å². The Kier molecular flexibility index (Phi) is 5.95. The van der Waals surface area contributed by atoms with Crippen molar-refractivity contribution >= 4 is 34.6 Å². The maximum absolute atomic E-state index is 13.1. The SMILES string of the molecule is CNC(=O)NC(=O)CSc1nc2ccccc2c(=O)n1-c1ccc(OC)cc1. The van der Waals surface area contributed by atoms with Gasteiger partial charge in [-0.25, -0.2) is 9.78 Å². The van der Waals surface area contributed by atoms with Gasteiger partial charge in [-0.1, -0.05) is 23.9 Å². The number of thioether (sulfide) groups is 1. The number of aromatic nitrogens is 2. The number of methoxy groups -OCH3 is 1. The number of amides is 3. The zero-order chi connectivity index (χ0) is 20.1. The third-order valence-electron chi connectivity index (χ3n) is 3.89. The van der Waals surface area contributed by atoms with Crippen LogP contribution in [0.2, 0.25) is 0 Å². The molecular formula is C19H18N4O4S. The fourth-order valence-corrected chi connectivity index (χ4v) is 3.34. The molecule has 9 heteroatoms. The molecule has 3 amide bonds. The van der Waals surface area contributed by atoms with Crippen LogP contribution >= 0.6 is 11.8 Å². The number of carbonyl (C=O) groups is 2. The molecular weight excluding hydrogens is 380 g/mol. The molecule has 3 rings (SSSR count). The molecule has 0 bridgehead atoms. The molecule has 0 aliphatic heterocycles. The van der Waals surface area contributed by atoms with Gasteiger partial charge in [0, 0.05) is 7.05 Å². The molecule has 0 unspecified atom stereocenters. The van der Waals surface area contributed by atoms with Crippen molar-refractivity contribution in [3.05, 3.63) is 58.9 Å². The average molecular weight is 398 g/mol. The normalized spacial score (nSPS) is 10.5. The second kappa shape index (κ2) is 8.57. The molecule has 0 saturated heterocycles. The number of benzene rings is 2. The largest absolute Gasteiger partial charge is 0.497 e. The Balaban J connectivity index is 2.02. The molecule has 28 heavy (non-hydrogen) atoms. The fourth-order valence-electron chi connectivity index (χ4n) is 2.52.